The van der Waals surface area contributed by atoms with Gasteiger partial charge >= 0.3 is 5.97 Å². The van der Waals surface area contributed by atoms with Crippen molar-refractivity contribution >= 4 is 33.5 Å². The van der Waals surface area contributed by atoms with Crippen molar-refractivity contribution in [3.63, 3.8) is 0 Å². The largest absolute Gasteiger partial charge is 0.464 e. The van der Waals surface area contributed by atoms with Gasteiger partial charge in [-0.25, -0.2) is 9.48 Å². The molecule has 5 nitrogen and oxygen atoms in total. The first-order valence-corrected chi connectivity index (χ1v) is 5.75. The average molecular weight is 317 g/mol. The fourth-order valence-electron chi connectivity index (χ4n) is 1.25. The lowest BCUT2D eigenvalue weighted by Gasteiger charge is -2.02. The molecular weight excluding hydrogens is 309 g/mol. The third-order valence-corrected chi connectivity index (χ3v) is 2.84. The van der Waals surface area contributed by atoms with Crippen LogP contribution in [0, 0.1) is 0 Å². The topological polar surface area (TPSA) is 57.0 Å². The number of hydrogen-bond donors (Lipinski definition) is 0. The smallest absolute Gasteiger partial charge is 0.360 e. The number of esters is 1. The second kappa shape index (κ2) is 4.85. The van der Waals surface area contributed by atoms with E-state index in [1.807, 2.05) is 6.07 Å². The molecule has 2 rings (SSSR count). The fourth-order valence-corrected chi connectivity index (χ4v) is 2.01. The molecule has 1 aromatic heterocycles. The van der Waals surface area contributed by atoms with E-state index in [0.29, 0.717) is 10.7 Å². The van der Waals surface area contributed by atoms with Gasteiger partial charge in [-0.3, -0.25) is 0 Å². The highest BCUT2D eigenvalue weighted by Gasteiger charge is 2.12. The summed E-state index contributed by atoms with van der Waals surface area (Å²) in [6.45, 7) is 0. The molecule has 2 aromatic rings. The van der Waals surface area contributed by atoms with E-state index in [0.717, 1.165) is 4.47 Å². The summed E-state index contributed by atoms with van der Waals surface area (Å²) in [5.41, 5.74) is 0.768. The highest BCUT2D eigenvalue weighted by atomic mass is 79.9. The standard InChI is InChI=1S/C10H7BrClN3O2/c1-17-10(16)8-5-15(14-13-8)9-3-2-6(11)4-7(9)12/h2-5H,1H3. The van der Waals surface area contributed by atoms with Crippen LogP contribution in [0.4, 0.5) is 0 Å². The first kappa shape index (κ1) is 12.1. The monoisotopic (exact) mass is 315 g/mol. The van der Waals surface area contributed by atoms with E-state index in [2.05, 4.69) is 31.0 Å². The van der Waals surface area contributed by atoms with Gasteiger partial charge in [0, 0.05) is 4.47 Å². The SMILES string of the molecule is COC(=O)c1cn(-c2ccc(Br)cc2Cl)nn1. The van der Waals surface area contributed by atoms with Crippen LogP contribution in [0.25, 0.3) is 5.69 Å². The molecule has 0 fully saturated rings. The first-order chi connectivity index (χ1) is 8.11. The molecule has 0 spiro atoms. The van der Waals surface area contributed by atoms with Crippen LogP contribution in [0.5, 0.6) is 0 Å². The molecule has 88 valence electrons. The molecule has 0 unspecified atom stereocenters. The molecule has 1 aromatic carbocycles. The quantitative estimate of drug-likeness (QED) is 0.799. The number of nitrogens with zero attached hydrogens (tertiary/aromatic N) is 3. The van der Waals surface area contributed by atoms with Gasteiger partial charge in [-0.2, -0.15) is 0 Å². The van der Waals surface area contributed by atoms with Crippen LogP contribution in [0.15, 0.2) is 28.9 Å². The van der Waals surface area contributed by atoms with E-state index in [9.17, 15) is 4.79 Å². The van der Waals surface area contributed by atoms with E-state index in [-0.39, 0.29) is 5.69 Å². The maximum atomic E-state index is 11.2. The number of benzene rings is 1. The lowest BCUT2D eigenvalue weighted by Crippen LogP contribution is -2.01. The summed E-state index contributed by atoms with van der Waals surface area (Å²) in [4.78, 5) is 11.2. The van der Waals surface area contributed by atoms with Crippen LogP contribution in [0.2, 0.25) is 5.02 Å². The van der Waals surface area contributed by atoms with Gasteiger partial charge in [0.05, 0.1) is 24.0 Å². The highest BCUT2D eigenvalue weighted by molar-refractivity contribution is 9.10. The van der Waals surface area contributed by atoms with Gasteiger partial charge in [0.1, 0.15) is 0 Å². The van der Waals surface area contributed by atoms with Crippen LogP contribution in [0.3, 0.4) is 0 Å². The Labute approximate surface area is 110 Å². The second-order valence-corrected chi connectivity index (χ2v) is 4.46. The molecule has 17 heavy (non-hydrogen) atoms. The minimum absolute atomic E-state index is 0.131. The molecule has 0 saturated heterocycles. The third kappa shape index (κ3) is 2.48. The van der Waals surface area contributed by atoms with Crippen molar-refractivity contribution in [2.75, 3.05) is 7.11 Å². The van der Waals surface area contributed by atoms with Crippen molar-refractivity contribution in [1.82, 2.24) is 15.0 Å². The fraction of sp³-hybridized carbons (Fsp3) is 0.100. The molecule has 0 aliphatic rings. The number of carbonyl (C=O) groups excluding carboxylic acids is 1. The van der Waals surface area contributed by atoms with Crippen LogP contribution in [-0.4, -0.2) is 28.1 Å². The van der Waals surface area contributed by atoms with Gasteiger partial charge in [-0.05, 0) is 18.2 Å². The summed E-state index contributed by atoms with van der Waals surface area (Å²) in [5, 5.41) is 8.01. The minimum Gasteiger partial charge on any atom is -0.464 e. The first-order valence-electron chi connectivity index (χ1n) is 4.58. The molecule has 0 N–H and O–H groups in total. The van der Waals surface area contributed by atoms with Crippen molar-refractivity contribution in [1.29, 1.82) is 0 Å². The van der Waals surface area contributed by atoms with Gasteiger partial charge in [0.2, 0.25) is 0 Å². The number of halogens is 2. The number of methoxy groups -OCH3 is 1. The normalized spacial score (nSPS) is 10.3. The Bertz CT molecular complexity index is 570. The number of rotatable bonds is 2. The second-order valence-electron chi connectivity index (χ2n) is 3.14. The van der Waals surface area contributed by atoms with Crippen LogP contribution in [0.1, 0.15) is 10.5 Å². The van der Waals surface area contributed by atoms with Crippen LogP contribution in [-0.2, 0) is 4.74 Å². The number of hydrogen-bond acceptors (Lipinski definition) is 4. The number of ether oxygens (including phenoxy) is 1. The van der Waals surface area contributed by atoms with Crippen molar-refractivity contribution < 1.29 is 9.53 Å². The molecule has 0 amide bonds. The van der Waals surface area contributed by atoms with Crippen molar-refractivity contribution in [2.24, 2.45) is 0 Å². The average Bonchev–Trinajstić information content (AvgIpc) is 2.77. The van der Waals surface area contributed by atoms with Gasteiger partial charge < -0.3 is 4.74 Å². The zero-order valence-electron chi connectivity index (χ0n) is 8.72. The van der Waals surface area contributed by atoms with Crippen molar-refractivity contribution in [3.05, 3.63) is 39.6 Å². The lowest BCUT2D eigenvalue weighted by atomic mass is 10.3. The molecule has 0 aliphatic heterocycles. The molecule has 0 bridgehead atoms. The van der Waals surface area contributed by atoms with Crippen molar-refractivity contribution in [2.45, 2.75) is 0 Å². The molecular formula is C10H7BrClN3O2. The number of aromatic nitrogens is 3. The Morgan fingerprint density at radius 1 is 1.53 bits per heavy atom. The molecule has 0 radical (unpaired) electrons. The molecule has 0 aliphatic carbocycles. The summed E-state index contributed by atoms with van der Waals surface area (Å²) in [6.07, 6.45) is 1.46. The van der Waals surface area contributed by atoms with Crippen molar-refractivity contribution in [3.8, 4) is 5.69 Å². The van der Waals surface area contributed by atoms with Gasteiger partial charge in [0.15, 0.2) is 5.69 Å². The Morgan fingerprint density at radius 2 is 2.29 bits per heavy atom. The predicted octanol–water partition coefficient (Wildman–Crippen LogP) is 2.47. The Hall–Kier alpha value is -1.40. The lowest BCUT2D eigenvalue weighted by molar-refractivity contribution is 0.0594. The zero-order valence-corrected chi connectivity index (χ0v) is 11.1. The summed E-state index contributed by atoms with van der Waals surface area (Å²) < 4.78 is 6.82. The Morgan fingerprint density at radius 3 is 2.94 bits per heavy atom. The summed E-state index contributed by atoms with van der Waals surface area (Å²) in [6, 6.07) is 5.32. The Balaban J connectivity index is 2.40. The third-order valence-electron chi connectivity index (χ3n) is 2.04. The van der Waals surface area contributed by atoms with Gasteiger partial charge in [-0.1, -0.05) is 32.7 Å². The minimum atomic E-state index is -0.538. The molecule has 0 saturated carbocycles. The molecule has 0 atom stereocenters. The van der Waals surface area contributed by atoms with E-state index in [1.165, 1.54) is 18.0 Å². The molecule has 7 heteroatoms. The zero-order chi connectivity index (χ0) is 12.4. The molecule has 1 heterocycles. The number of carbonyl (C=O) groups is 1. The summed E-state index contributed by atoms with van der Waals surface area (Å²) in [5.74, 6) is -0.538. The van der Waals surface area contributed by atoms with E-state index >= 15 is 0 Å². The van der Waals surface area contributed by atoms with Crippen LogP contribution < -0.4 is 0 Å². The summed E-state index contributed by atoms with van der Waals surface area (Å²) >= 11 is 9.36. The van der Waals surface area contributed by atoms with Crippen LogP contribution >= 0.6 is 27.5 Å². The van der Waals surface area contributed by atoms with E-state index in [1.54, 1.807) is 12.1 Å². The highest BCUT2D eigenvalue weighted by Crippen LogP contribution is 2.24. The van der Waals surface area contributed by atoms with Gasteiger partial charge in [-0.15, -0.1) is 5.10 Å². The maximum absolute atomic E-state index is 11.2. The Kier molecular flexibility index (Phi) is 3.44. The maximum Gasteiger partial charge on any atom is 0.360 e. The van der Waals surface area contributed by atoms with Gasteiger partial charge in [0.25, 0.3) is 0 Å². The summed E-state index contributed by atoms with van der Waals surface area (Å²) in [7, 11) is 1.29. The predicted molar refractivity (Wildman–Crippen MR) is 65.4 cm³/mol. The van der Waals surface area contributed by atoms with E-state index < -0.39 is 5.97 Å². The van der Waals surface area contributed by atoms with E-state index in [4.69, 9.17) is 11.6 Å².